The molecule has 1 aliphatic carbocycles. The number of ether oxygens (including phenoxy) is 2. The Bertz CT molecular complexity index is 523. The van der Waals surface area contributed by atoms with Crippen LogP contribution in [0.15, 0.2) is 23.2 Å². The lowest BCUT2D eigenvalue weighted by Crippen LogP contribution is -2.39. The number of methoxy groups -OCH3 is 2. The van der Waals surface area contributed by atoms with Crippen molar-refractivity contribution >= 4 is 5.96 Å². The highest BCUT2D eigenvalue weighted by Gasteiger charge is 2.12. The lowest BCUT2D eigenvalue weighted by molar-refractivity contribution is 0.398. The van der Waals surface area contributed by atoms with Crippen LogP contribution in [0, 0.1) is 0 Å². The van der Waals surface area contributed by atoms with Crippen molar-refractivity contribution in [3.8, 4) is 11.5 Å². The maximum atomic E-state index is 6.03. The minimum Gasteiger partial charge on any atom is -0.497 e. The normalized spacial score (nSPS) is 16.5. The number of hydrogen-bond acceptors (Lipinski definition) is 3. The molecule has 0 unspecified atom stereocenters. The van der Waals surface area contributed by atoms with Gasteiger partial charge in [0.15, 0.2) is 5.96 Å². The second-order valence-electron chi connectivity index (χ2n) is 6.38. The van der Waals surface area contributed by atoms with Crippen LogP contribution in [0.3, 0.4) is 0 Å². The lowest BCUT2D eigenvalue weighted by atomic mass is 10.1. The highest BCUT2D eigenvalue weighted by molar-refractivity contribution is 5.78. The van der Waals surface area contributed by atoms with Gasteiger partial charge in [0.05, 0.1) is 14.2 Å². The fraction of sp³-hybridized carbons (Fsp3) is 0.632. The number of hydrogen-bond donors (Lipinski definition) is 2. The molecule has 3 N–H and O–H groups in total. The van der Waals surface area contributed by atoms with Gasteiger partial charge >= 0.3 is 0 Å². The second kappa shape index (κ2) is 10.1. The Hall–Kier alpha value is -1.91. The fourth-order valence-electron chi connectivity index (χ4n) is 3.22. The number of nitrogens with one attached hydrogen (secondary N) is 1. The summed E-state index contributed by atoms with van der Waals surface area (Å²) in [7, 11) is 3.37. The summed E-state index contributed by atoms with van der Waals surface area (Å²) in [5, 5.41) is 3.38. The van der Waals surface area contributed by atoms with Gasteiger partial charge in [-0.1, -0.05) is 25.7 Å². The molecule has 1 aliphatic rings. The topological polar surface area (TPSA) is 68.9 Å². The number of aliphatic imine (C=N–C) groups is 1. The number of nitrogens with zero attached hydrogens (tertiary/aromatic N) is 1. The highest BCUT2D eigenvalue weighted by Crippen LogP contribution is 2.25. The van der Waals surface area contributed by atoms with Crippen molar-refractivity contribution in [3.63, 3.8) is 0 Å². The van der Waals surface area contributed by atoms with Crippen molar-refractivity contribution in [2.45, 2.75) is 57.4 Å². The molecule has 1 saturated carbocycles. The molecule has 1 aromatic carbocycles. The Balaban J connectivity index is 1.78. The smallest absolute Gasteiger partial charge is 0.188 e. The van der Waals surface area contributed by atoms with Crippen LogP contribution in [0.2, 0.25) is 0 Å². The van der Waals surface area contributed by atoms with Crippen LogP contribution < -0.4 is 20.5 Å². The summed E-state index contributed by atoms with van der Waals surface area (Å²) >= 11 is 0. The van der Waals surface area contributed by atoms with Crippen LogP contribution in [0.5, 0.6) is 11.5 Å². The van der Waals surface area contributed by atoms with Crippen molar-refractivity contribution in [1.29, 1.82) is 0 Å². The molecule has 0 heterocycles. The maximum Gasteiger partial charge on any atom is 0.188 e. The summed E-state index contributed by atoms with van der Waals surface area (Å²) in [6, 6.07) is 6.37. The second-order valence-corrected chi connectivity index (χ2v) is 6.38. The first kappa shape index (κ1) is 18.4. The first-order valence-electron chi connectivity index (χ1n) is 9.00. The number of guanidine groups is 1. The van der Waals surface area contributed by atoms with E-state index < -0.39 is 0 Å². The summed E-state index contributed by atoms with van der Waals surface area (Å²) in [6.07, 6.45) is 9.50. The van der Waals surface area contributed by atoms with E-state index in [1.165, 1.54) is 38.5 Å². The van der Waals surface area contributed by atoms with Crippen molar-refractivity contribution in [3.05, 3.63) is 23.8 Å². The molecule has 0 atom stereocenters. The Morgan fingerprint density at radius 2 is 1.92 bits per heavy atom. The summed E-state index contributed by atoms with van der Waals surface area (Å²) in [6.45, 7) is 0.714. The van der Waals surface area contributed by atoms with E-state index in [4.69, 9.17) is 15.2 Å². The first-order chi connectivity index (χ1) is 11.7. The highest BCUT2D eigenvalue weighted by atomic mass is 16.5. The van der Waals surface area contributed by atoms with Crippen molar-refractivity contribution in [2.24, 2.45) is 10.7 Å². The molecule has 2 rings (SSSR count). The molecule has 0 aromatic heterocycles. The molecule has 0 bridgehead atoms. The number of rotatable bonds is 7. The largest absolute Gasteiger partial charge is 0.497 e. The van der Waals surface area contributed by atoms with Crippen molar-refractivity contribution < 1.29 is 9.47 Å². The van der Waals surface area contributed by atoms with Gasteiger partial charge < -0.3 is 20.5 Å². The van der Waals surface area contributed by atoms with Gasteiger partial charge in [0.1, 0.15) is 11.5 Å². The number of aryl methyl sites for hydroxylation is 1. The van der Waals surface area contributed by atoms with E-state index in [0.29, 0.717) is 18.5 Å². The molecule has 0 aliphatic heterocycles. The third-order valence-electron chi connectivity index (χ3n) is 4.58. The van der Waals surface area contributed by atoms with Crippen LogP contribution in [0.4, 0.5) is 0 Å². The molecular weight excluding hydrogens is 302 g/mol. The Morgan fingerprint density at radius 3 is 2.58 bits per heavy atom. The van der Waals surface area contributed by atoms with Crippen LogP contribution in [-0.4, -0.2) is 32.8 Å². The van der Waals surface area contributed by atoms with Gasteiger partial charge in [-0.15, -0.1) is 0 Å². The maximum absolute atomic E-state index is 6.03. The molecule has 24 heavy (non-hydrogen) atoms. The SMILES string of the molecule is COc1ccc(OC)c(CCCN=C(N)NC2CCCCCC2)c1. The predicted octanol–water partition coefficient (Wildman–Crippen LogP) is 3.26. The first-order valence-corrected chi connectivity index (χ1v) is 9.00. The Kier molecular flexibility index (Phi) is 7.72. The number of nitrogens with two attached hydrogens (primary N) is 1. The molecule has 5 heteroatoms. The molecule has 134 valence electrons. The molecular formula is C19H31N3O2. The number of benzene rings is 1. The standard InChI is InChI=1S/C19H31N3O2/c1-23-17-11-12-18(24-2)15(14-17)8-7-13-21-19(20)22-16-9-5-3-4-6-10-16/h11-12,14,16H,3-10,13H2,1-2H3,(H3,20,21,22). The molecule has 1 aromatic rings. The van der Waals surface area contributed by atoms with E-state index >= 15 is 0 Å². The van der Waals surface area contributed by atoms with E-state index in [9.17, 15) is 0 Å². The zero-order valence-electron chi connectivity index (χ0n) is 15.0. The molecule has 5 nitrogen and oxygen atoms in total. The minimum absolute atomic E-state index is 0.495. The molecule has 0 saturated heterocycles. The Labute approximate surface area is 145 Å². The summed E-state index contributed by atoms with van der Waals surface area (Å²) < 4.78 is 10.7. The molecule has 0 radical (unpaired) electrons. The zero-order chi connectivity index (χ0) is 17.2. The van der Waals surface area contributed by atoms with Gasteiger partial charge in [0, 0.05) is 12.6 Å². The Morgan fingerprint density at radius 1 is 1.17 bits per heavy atom. The van der Waals surface area contributed by atoms with E-state index in [1.54, 1.807) is 14.2 Å². The van der Waals surface area contributed by atoms with Gasteiger partial charge in [-0.25, -0.2) is 0 Å². The van der Waals surface area contributed by atoms with Gasteiger partial charge in [-0.2, -0.15) is 0 Å². The average Bonchev–Trinajstić information content (AvgIpc) is 2.87. The van der Waals surface area contributed by atoms with E-state index in [-0.39, 0.29) is 0 Å². The van der Waals surface area contributed by atoms with Crippen LogP contribution in [0.1, 0.15) is 50.5 Å². The molecule has 0 amide bonds. The molecule has 1 fully saturated rings. The average molecular weight is 333 g/mol. The van der Waals surface area contributed by atoms with E-state index in [0.717, 1.165) is 29.9 Å². The van der Waals surface area contributed by atoms with Crippen LogP contribution in [-0.2, 0) is 6.42 Å². The van der Waals surface area contributed by atoms with Gasteiger partial charge in [-0.05, 0) is 49.4 Å². The van der Waals surface area contributed by atoms with Gasteiger partial charge in [0.25, 0.3) is 0 Å². The summed E-state index contributed by atoms with van der Waals surface area (Å²) in [4.78, 5) is 4.47. The van der Waals surface area contributed by atoms with Gasteiger partial charge in [-0.3, -0.25) is 4.99 Å². The van der Waals surface area contributed by atoms with E-state index in [1.807, 2.05) is 18.2 Å². The van der Waals surface area contributed by atoms with Crippen LogP contribution >= 0.6 is 0 Å². The van der Waals surface area contributed by atoms with Crippen molar-refractivity contribution in [2.75, 3.05) is 20.8 Å². The van der Waals surface area contributed by atoms with E-state index in [2.05, 4.69) is 10.3 Å². The lowest BCUT2D eigenvalue weighted by Gasteiger charge is -2.16. The monoisotopic (exact) mass is 333 g/mol. The summed E-state index contributed by atoms with van der Waals surface area (Å²) in [5.41, 5.74) is 7.17. The quantitative estimate of drug-likeness (QED) is 0.348. The van der Waals surface area contributed by atoms with Crippen LogP contribution in [0.25, 0.3) is 0 Å². The molecule has 0 spiro atoms. The predicted molar refractivity (Wildman–Crippen MR) is 99.0 cm³/mol. The summed E-state index contributed by atoms with van der Waals surface area (Å²) in [5.74, 6) is 2.33. The fourth-order valence-corrected chi connectivity index (χ4v) is 3.22. The third kappa shape index (κ3) is 5.95. The van der Waals surface area contributed by atoms with Gasteiger partial charge in [0.2, 0.25) is 0 Å². The minimum atomic E-state index is 0.495. The third-order valence-corrected chi connectivity index (χ3v) is 4.58. The zero-order valence-corrected chi connectivity index (χ0v) is 15.0. The van der Waals surface area contributed by atoms with Crippen molar-refractivity contribution in [1.82, 2.24) is 5.32 Å².